The van der Waals surface area contributed by atoms with Crippen molar-refractivity contribution in [3.8, 4) is 0 Å². The summed E-state index contributed by atoms with van der Waals surface area (Å²) in [7, 11) is 0. The molecule has 1 N–H and O–H groups in total. The summed E-state index contributed by atoms with van der Waals surface area (Å²) in [5.41, 5.74) is 3.12. The molecule has 2 aromatic heterocycles. The minimum Gasteiger partial charge on any atom is -0.268 e. The van der Waals surface area contributed by atoms with Crippen LogP contribution in [0.1, 0.15) is 37.1 Å². The third-order valence-electron chi connectivity index (χ3n) is 2.93. The third kappa shape index (κ3) is 1.28. The van der Waals surface area contributed by atoms with Gasteiger partial charge >= 0.3 is 0 Å². The Balaban J connectivity index is 2.32. The fourth-order valence-corrected chi connectivity index (χ4v) is 2.05. The van der Waals surface area contributed by atoms with Crippen LogP contribution in [-0.2, 0) is 6.42 Å². The van der Waals surface area contributed by atoms with E-state index in [1.54, 1.807) is 6.07 Å². The first-order valence-corrected chi connectivity index (χ1v) is 5.40. The Morgan fingerprint density at radius 2 is 2.33 bits per heavy atom. The molecule has 0 aromatic carbocycles. The van der Waals surface area contributed by atoms with Crippen LogP contribution in [0.15, 0.2) is 16.9 Å². The van der Waals surface area contributed by atoms with Gasteiger partial charge in [-0.15, -0.1) is 0 Å². The molecular weight excluding hydrogens is 190 g/mol. The molecule has 0 aliphatic heterocycles. The monoisotopic (exact) mass is 203 g/mol. The number of H-pyrrole nitrogens is 1. The van der Waals surface area contributed by atoms with Crippen LogP contribution < -0.4 is 5.56 Å². The van der Waals surface area contributed by atoms with Crippen molar-refractivity contribution in [1.29, 1.82) is 0 Å². The summed E-state index contributed by atoms with van der Waals surface area (Å²) in [6.45, 7) is 2.10. The molecule has 0 atom stereocenters. The fourth-order valence-electron chi connectivity index (χ4n) is 2.05. The van der Waals surface area contributed by atoms with Gasteiger partial charge in [-0.1, -0.05) is 6.92 Å². The molecule has 0 radical (unpaired) electrons. The Morgan fingerprint density at radius 3 is 3.00 bits per heavy atom. The van der Waals surface area contributed by atoms with Crippen molar-refractivity contribution >= 4 is 5.65 Å². The summed E-state index contributed by atoms with van der Waals surface area (Å²) in [6.07, 6.45) is 3.38. The Labute approximate surface area is 86.9 Å². The van der Waals surface area contributed by atoms with Gasteiger partial charge in [-0.3, -0.25) is 9.89 Å². The van der Waals surface area contributed by atoms with E-state index in [9.17, 15) is 4.79 Å². The van der Waals surface area contributed by atoms with Crippen LogP contribution >= 0.6 is 0 Å². The summed E-state index contributed by atoms with van der Waals surface area (Å²) in [6, 6.07) is 3.31. The largest absolute Gasteiger partial charge is 0.268 e. The Morgan fingerprint density at radius 1 is 1.53 bits per heavy atom. The Kier molecular flexibility index (Phi) is 1.71. The topological polar surface area (TPSA) is 50.2 Å². The smallest absolute Gasteiger partial charge is 0.262 e. The average molecular weight is 203 g/mol. The zero-order valence-electron chi connectivity index (χ0n) is 8.66. The van der Waals surface area contributed by atoms with Gasteiger partial charge in [-0.2, -0.15) is 0 Å². The zero-order chi connectivity index (χ0) is 10.4. The molecule has 0 amide bonds. The van der Waals surface area contributed by atoms with Crippen molar-refractivity contribution in [2.75, 3.05) is 0 Å². The minimum absolute atomic E-state index is 0.0723. The highest BCUT2D eigenvalue weighted by Gasteiger charge is 2.29. The maximum absolute atomic E-state index is 11.2. The molecule has 1 aliphatic carbocycles. The van der Waals surface area contributed by atoms with Crippen LogP contribution in [0, 0.1) is 0 Å². The quantitative estimate of drug-likeness (QED) is 0.803. The number of imidazole rings is 1. The van der Waals surface area contributed by atoms with Gasteiger partial charge in [0.2, 0.25) is 0 Å². The number of nitrogens with zero attached hydrogens (tertiary/aromatic N) is 2. The van der Waals surface area contributed by atoms with E-state index in [1.807, 2.05) is 4.52 Å². The number of nitrogens with one attached hydrogen (secondary N) is 1. The predicted molar refractivity (Wildman–Crippen MR) is 57.2 cm³/mol. The molecule has 4 nitrogen and oxygen atoms in total. The van der Waals surface area contributed by atoms with Crippen molar-refractivity contribution < 1.29 is 0 Å². The SMILES string of the molecule is CCc1c(C2CC2)nc2ccc(=O)[nH]n12. The molecule has 3 rings (SSSR count). The van der Waals surface area contributed by atoms with Gasteiger partial charge in [0.25, 0.3) is 5.56 Å². The van der Waals surface area contributed by atoms with Crippen LogP contribution in [0.3, 0.4) is 0 Å². The molecule has 4 heteroatoms. The van der Waals surface area contributed by atoms with E-state index in [2.05, 4.69) is 17.0 Å². The van der Waals surface area contributed by atoms with E-state index in [0.717, 1.165) is 17.8 Å². The second-order valence-corrected chi connectivity index (χ2v) is 4.07. The van der Waals surface area contributed by atoms with Crippen molar-refractivity contribution in [1.82, 2.24) is 14.6 Å². The first-order valence-electron chi connectivity index (χ1n) is 5.40. The lowest BCUT2D eigenvalue weighted by atomic mass is 10.2. The van der Waals surface area contributed by atoms with E-state index in [4.69, 9.17) is 0 Å². The van der Waals surface area contributed by atoms with E-state index in [1.165, 1.54) is 24.6 Å². The molecule has 2 heterocycles. The van der Waals surface area contributed by atoms with Crippen molar-refractivity contribution in [2.24, 2.45) is 0 Å². The van der Waals surface area contributed by atoms with Crippen LogP contribution in [0.5, 0.6) is 0 Å². The van der Waals surface area contributed by atoms with Gasteiger partial charge in [-0.05, 0) is 25.3 Å². The first-order chi connectivity index (χ1) is 7.29. The van der Waals surface area contributed by atoms with Crippen LogP contribution in [0.4, 0.5) is 0 Å². The number of aryl methyl sites for hydroxylation is 1. The Bertz CT molecular complexity index is 563. The van der Waals surface area contributed by atoms with Gasteiger partial charge in [-0.25, -0.2) is 9.50 Å². The second kappa shape index (κ2) is 2.95. The molecule has 0 saturated heterocycles. The summed E-state index contributed by atoms with van der Waals surface area (Å²) < 4.78 is 1.83. The highest BCUT2D eigenvalue weighted by Crippen LogP contribution is 2.41. The lowest BCUT2D eigenvalue weighted by Crippen LogP contribution is -2.10. The highest BCUT2D eigenvalue weighted by molar-refractivity contribution is 5.43. The molecule has 0 unspecified atom stereocenters. The van der Waals surface area contributed by atoms with Gasteiger partial charge in [0, 0.05) is 12.0 Å². The van der Waals surface area contributed by atoms with Crippen LogP contribution in [0.2, 0.25) is 0 Å². The highest BCUT2D eigenvalue weighted by atomic mass is 16.1. The third-order valence-corrected chi connectivity index (χ3v) is 2.93. The van der Waals surface area contributed by atoms with E-state index >= 15 is 0 Å². The van der Waals surface area contributed by atoms with Crippen molar-refractivity contribution in [3.63, 3.8) is 0 Å². The lowest BCUT2D eigenvalue weighted by molar-refractivity contribution is 0.825. The maximum Gasteiger partial charge on any atom is 0.262 e. The molecule has 1 aliphatic rings. The zero-order valence-corrected chi connectivity index (χ0v) is 8.66. The summed E-state index contributed by atoms with van der Waals surface area (Å²) in [5.74, 6) is 0.628. The van der Waals surface area contributed by atoms with Gasteiger partial charge in [0.05, 0.1) is 11.4 Å². The standard InChI is InChI=1S/C11H13N3O/c1-2-8-11(7-3-4-7)12-9-5-6-10(15)13-14(8)9/h5-7H,2-4H2,1H3,(H,13,15). The fraction of sp³-hybridized carbons (Fsp3) is 0.455. The first kappa shape index (κ1) is 8.71. The van der Waals surface area contributed by atoms with Crippen molar-refractivity contribution in [2.45, 2.75) is 32.1 Å². The average Bonchev–Trinajstić information content (AvgIpc) is 3.00. The number of hydrogen-bond acceptors (Lipinski definition) is 2. The number of aromatic amines is 1. The minimum atomic E-state index is -0.0723. The van der Waals surface area contributed by atoms with E-state index in [0.29, 0.717) is 5.92 Å². The summed E-state index contributed by atoms with van der Waals surface area (Å²) in [5, 5.41) is 2.81. The molecule has 15 heavy (non-hydrogen) atoms. The second-order valence-electron chi connectivity index (χ2n) is 4.07. The van der Waals surface area contributed by atoms with Gasteiger partial charge in [0.15, 0.2) is 5.65 Å². The number of hydrogen-bond donors (Lipinski definition) is 1. The molecule has 1 fully saturated rings. The van der Waals surface area contributed by atoms with Crippen molar-refractivity contribution in [3.05, 3.63) is 33.9 Å². The molecule has 0 spiro atoms. The molecule has 1 saturated carbocycles. The van der Waals surface area contributed by atoms with Gasteiger partial charge in [0.1, 0.15) is 0 Å². The molecule has 0 bridgehead atoms. The lowest BCUT2D eigenvalue weighted by Gasteiger charge is -1.99. The van der Waals surface area contributed by atoms with E-state index < -0.39 is 0 Å². The number of aromatic nitrogens is 3. The number of rotatable bonds is 2. The molecule has 2 aromatic rings. The Hall–Kier alpha value is -1.58. The predicted octanol–water partition coefficient (Wildman–Crippen LogP) is 1.46. The molecule has 78 valence electrons. The molecular formula is C11H13N3O. The summed E-state index contributed by atoms with van der Waals surface area (Å²) in [4.78, 5) is 15.8. The maximum atomic E-state index is 11.2. The van der Waals surface area contributed by atoms with Gasteiger partial charge < -0.3 is 0 Å². The number of fused-ring (bicyclic) bond motifs is 1. The van der Waals surface area contributed by atoms with E-state index in [-0.39, 0.29) is 5.56 Å². The summed E-state index contributed by atoms with van der Waals surface area (Å²) >= 11 is 0. The normalized spacial score (nSPS) is 16.1. The van der Waals surface area contributed by atoms with Crippen LogP contribution in [0.25, 0.3) is 5.65 Å². The van der Waals surface area contributed by atoms with Crippen LogP contribution in [-0.4, -0.2) is 14.6 Å².